The molecule has 2 nitrogen and oxygen atoms in total. The van der Waals surface area contributed by atoms with E-state index in [0.717, 1.165) is 0 Å². The zero-order valence-corrected chi connectivity index (χ0v) is 7.95. The molecule has 0 heterocycles. The molecule has 2 rings (SSSR count). The molecule has 0 spiro atoms. The highest BCUT2D eigenvalue weighted by Gasteiger charge is 2.28. The maximum atomic E-state index is 12.8. The highest BCUT2D eigenvalue weighted by atomic mass is 19.1. The molecule has 0 amide bonds. The molecule has 1 aromatic carbocycles. The molecule has 3 heteroatoms. The van der Waals surface area contributed by atoms with Gasteiger partial charge in [0.25, 0.3) is 0 Å². The van der Waals surface area contributed by atoms with E-state index in [0.29, 0.717) is 18.3 Å². The van der Waals surface area contributed by atoms with E-state index in [1.165, 1.54) is 25.0 Å². The van der Waals surface area contributed by atoms with Crippen LogP contribution in [0.5, 0.6) is 5.75 Å². The first-order valence-electron chi connectivity index (χ1n) is 4.89. The lowest BCUT2D eigenvalue weighted by molar-refractivity contribution is 0.275. The minimum absolute atomic E-state index is 0.0956. The van der Waals surface area contributed by atoms with E-state index in [1.54, 1.807) is 12.1 Å². The molecule has 0 aliphatic heterocycles. The average Bonchev–Trinajstić information content (AvgIpc) is 2.97. The van der Waals surface area contributed by atoms with Crippen molar-refractivity contribution in [3.63, 3.8) is 0 Å². The summed E-state index contributed by atoms with van der Waals surface area (Å²) < 4.78 is 18.1. The topological polar surface area (TPSA) is 35.2 Å². The number of benzene rings is 1. The van der Waals surface area contributed by atoms with Crippen LogP contribution in [-0.2, 0) is 0 Å². The van der Waals surface area contributed by atoms with Gasteiger partial charge in [-0.1, -0.05) is 6.07 Å². The van der Waals surface area contributed by atoms with Crippen molar-refractivity contribution in [2.75, 3.05) is 6.61 Å². The summed E-state index contributed by atoms with van der Waals surface area (Å²) in [6, 6.07) is 6.24. The molecule has 0 aromatic heterocycles. The molecule has 1 aliphatic carbocycles. The lowest BCUT2D eigenvalue weighted by Gasteiger charge is -2.11. The van der Waals surface area contributed by atoms with E-state index in [2.05, 4.69) is 0 Å². The van der Waals surface area contributed by atoms with Crippen LogP contribution in [0, 0.1) is 11.7 Å². The standard InChI is InChI=1S/C11H14FNO/c12-9-2-1-3-10(6-9)14-7-11(13)8-4-5-8/h1-3,6,8,11H,4-5,7,13H2. The van der Waals surface area contributed by atoms with Crippen LogP contribution in [0.4, 0.5) is 4.39 Å². The van der Waals surface area contributed by atoms with Gasteiger partial charge in [0.15, 0.2) is 0 Å². The van der Waals surface area contributed by atoms with Crippen LogP contribution in [0.2, 0.25) is 0 Å². The lowest BCUT2D eigenvalue weighted by atomic mass is 10.2. The zero-order valence-electron chi connectivity index (χ0n) is 7.95. The highest BCUT2D eigenvalue weighted by molar-refractivity contribution is 5.22. The van der Waals surface area contributed by atoms with E-state index >= 15 is 0 Å². The summed E-state index contributed by atoms with van der Waals surface area (Å²) in [5.74, 6) is 0.896. The van der Waals surface area contributed by atoms with Gasteiger partial charge in [0.05, 0.1) is 0 Å². The number of hydrogen-bond acceptors (Lipinski definition) is 2. The van der Waals surface area contributed by atoms with Crippen molar-refractivity contribution in [2.45, 2.75) is 18.9 Å². The molecule has 1 fully saturated rings. The molecular formula is C11H14FNO. The minimum Gasteiger partial charge on any atom is -0.492 e. The van der Waals surface area contributed by atoms with Crippen molar-refractivity contribution in [1.82, 2.24) is 0 Å². The van der Waals surface area contributed by atoms with E-state index in [9.17, 15) is 4.39 Å². The molecule has 0 saturated heterocycles. The zero-order chi connectivity index (χ0) is 9.97. The molecule has 1 aromatic rings. The normalized spacial score (nSPS) is 17.9. The molecule has 2 N–H and O–H groups in total. The summed E-state index contributed by atoms with van der Waals surface area (Å²) in [6.45, 7) is 0.480. The van der Waals surface area contributed by atoms with E-state index in [1.807, 2.05) is 0 Å². The lowest BCUT2D eigenvalue weighted by Crippen LogP contribution is -2.29. The Morgan fingerprint density at radius 3 is 2.93 bits per heavy atom. The first-order valence-corrected chi connectivity index (χ1v) is 4.89. The van der Waals surface area contributed by atoms with E-state index < -0.39 is 0 Å². The fraction of sp³-hybridized carbons (Fsp3) is 0.455. The second kappa shape index (κ2) is 3.96. The second-order valence-corrected chi connectivity index (χ2v) is 3.77. The SMILES string of the molecule is NC(COc1cccc(F)c1)C1CC1. The van der Waals surface area contributed by atoms with Crippen molar-refractivity contribution in [1.29, 1.82) is 0 Å². The van der Waals surface area contributed by atoms with Crippen LogP contribution in [-0.4, -0.2) is 12.6 Å². The number of hydrogen-bond donors (Lipinski definition) is 1. The quantitative estimate of drug-likeness (QED) is 0.796. The molecule has 14 heavy (non-hydrogen) atoms. The summed E-state index contributed by atoms with van der Waals surface area (Å²) in [7, 11) is 0. The van der Waals surface area contributed by atoms with Gasteiger partial charge < -0.3 is 10.5 Å². The Bertz CT molecular complexity index is 312. The molecule has 76 valence electrons. The van der Waals surface area contributed by atoms with Crippen LogP contribution in [0.1, 0.15) is 12.8 Å². The van der Waals surface area contributed by atoms with Gasteiger partial charge in [-0.05, 0) is 30.9 Å². The average molecular weight is 195 g/mol. The first-order chi connectivity index (χ1) is 6.75. The Morgan fingerprint density at radius 2 is 2.29 bits per heavy atom. The van der Waals surface area contributed by atoms with Gasteiger partial charge in [-0.3, -0.25) is 0 Å². The van der Waals surface area contributed by atoms with Gasteiger partial charge in [-0.2, -0.15) is 0 Å². The maximum Gasteiger partial charge on any atom is 0.126 e. The molecule has 0 bridgehead atoms. The third-order valence-corrected chi connectivity index (χ3v) is 2.47. The third-order valence-electron chi connectivity index (χ3n) is 2.47. The summed E-state index contributed by atoms with van der Waals surface area (Å²) >= 11 is 0. The number of halogens is 1. The second-order valence-electron chi connectivity index (χ2n) is 3.77. The number of nitrogens with two attached hydrogens (primary N) is 1. The summed E-state index contributed by atoms with van der Waals surface area (Å²) in [5.41, 5.74) is 5.85. The largest absolute Gasteiger partial charge is 0.492 e. The van der Waals surface area contributed by atoms with Crippen molar-refractivity contribution in [3.05, 3.63) is 30.1 Å². The fourth-order valence-corrected chi connectivity index (χ4v) is 1.41. The summed E-state index contributed by atoms with van der Waals surface area (Å²) in [5, 5.41) is 0. The molecule has 1 saturated carbocycles. The summed E-state index contributed by atoms with van der Waals surface area (Å²) in [4.78, 5) is 0. The highest BCUT2D eigenvalue weighted by Crippen LogP contribution is 2.31. The van der Waals surface area contributed by atoms with Crippen molar-refractivity contribution in [2.24, 2.45) is 11.7 Å². The molecular weight excluding hydrogens is 181 g/mol. The Balaban J connectivity index is 1.84. The van der Waals surface area contributed by atoms with Gasteiger partial charge in [0.1, 0.15) is 18.2 Å². The third kappa shape index (κ3) is 2.45. The summed E-state index contributed by atoms with van der Waals surface area (Å²) in [6.07, 6.45) is 2.40. The maximum absolute atomic E-state index is 12.8. The fourth-order valence-electron chi connectivity index (χ4n) is 1.41. The molecule has 1 atom stereocenters. The Labute approximate surface area is 82.9 Å². The molecule has 1 unspecified atom stereocenters. The van der Waals surface area contributed by atoms with Crippen LogP contribution < -0.4 is 10.5 Å². The minimum atomic E-state index is -0.275. The van der Waals surface area contributed by atoms with Crippen molar-refractivity contribution in [3.8, 4) is 5.75 Å². The monoisotopic (exact) mass is 195 g/mol. The predicted octanol–water partition coefficient (Wildman–Crippen LogP) is 1.94. The molecule has 1 aliphatic rings. The first kappa shape index (κ1) is 9.46. The van der Waals surface area contributed by atoms with E-state index in [4.69, 9.17) is 10.5 Å². The Morgan fingerprint density at radius 1 is 1.50 bits per heavy atom. The van der Waals surface area contributed by atoms with Gasteiger partial charge in [0, 0.05) is 12.1 Å². The number of ether oxygens (including phenoxy) is 1. The van der Waals surface area contributed by atoms with Crippen molar-refractivity contribution < 1.29 is 9.13 Å². The Hall–Kier alpha value is -1.09. The smallest absolute Gasteiger partial charge is 0.126 e. The van der Waals surface area contributed by atoms with Gasteiger partial charge >= 0.3 is 0 Å². The molecule has 0 radical (unpaired) electrons. The van der Waals surface area contributed by atoms with Gasteiger partial charge in [0.2, 0.25) is 0 Å². The van der Waals surface area contributed by atoms with Crippen LogP contribution in [0.25, 0.3) is 0 Å². The number of rotatable bonds is 4. The van der Waals surface area contributed by atoms with Crippen molar-refractivity contribution >= 4 is 0 Å². The van der Waals surface area contributed by atoms with Crippen LogP contribution in [0.15, 0.2) is 24.3 Å². The van der Waals surface area contributed by atoms with Crippen LogP contribution >= 0.6 is 0 Å². The van der Waals surface area contributed by atoms with Gasteiger partial charge in [-0.15, -0.1) is 0 Å². The predicted molar refractivity (Wildman–Crippen MR) is 52.6 cm³/mol. The Kier molecular flexibility index (Phi) is 2.68. The van der Waals surface area contributed by atoms with Crippen LogP contribution in [0.3, 0.4) is 0 Å². The van der Waals surface area contributed by atoms with E-state index in [-0.39, 0.29) is 11.9 Å². The van der Waals surface area contributed by atoms with Gasteiger partial charge in [-0.25, -0.2) is 4.39 Å².